The van der Waals surface area contributed by atoms with Crippen LogP contribution < -0.4 is 10.0 Å². The summed E-state index contributed by atoms with van der Waals surface area (Å²) in [7, 11) is -3.68. The van der Waals surface area contributed by atoms with Gasteiger partial charge in [0.05, 0.1) is 11.9 Å². The molecule has 8 heteroatoms. The third-order valence-corrected chi connectivity index (χ3v) is 4.23. The molecule has 2 N–H and O–H groups in total. The Morgan fingerprint density at radius 1 is 1.47 bits per heavy atom. The molecule has 1 fully saturated rings. The molecule has 0 radical (unpaired) electrons. The van der Waals surface area contributed by atoms with E-state index in [1.807, 2.05) is 0 Å². The molecule has 0 bridgehead atoms. The molecule has 1 atom stereocenters. The molecule has 1 aromatic heterocycles. The van der Waals surface area contributed by atoms with Crippen molar-refractivity contribution < 1.29 is 13.2 Å². The van der Waals surface area contributed by atoms with Gasteiger partial charge < -0.3 is 4.90 Å². The quantitative estimate of drug-likeness (QED) is 0.844. The molecular formula is C9H10BrN3O3S. The highest BCUT2D eigenvalue weighted by Crippen LogP contribution is 2.25. The molecule has 1 saturated heterocycles. The Hall–Kier alpha value is -0.990. The number of primary sulfonamides is 1. The van der Waals surface area contributed by atoms with Gasteiger partial charge in [-0.25, -0.2) is 13.6 Å². The van der Waals surface area contributed by atoms with Crippen LogP contribution in [0.2, 0.25) is 0 Å². The van der Waals surface area contributed by atoms with Crippen LogP contribution in [-0.2, 0) is 14.8 Å². The molecule has 1 amide bonds. The summed E-state index contributed by atoms with van der Waals surface area (Å²) in [5.74, 6) is -0.260. The lowest BCUT2D eigenvalue weighted by molar-refractivity contribution is -0.117. The molecule has 1 aliphatic rings. The molecular weight excluding hydrogens is 310 g/mol. The van der Waals surface area contributed by atoms with Crippen molar-refractivity contribution in [2.75, 3.05) is 11.4 Å². The highest BCUT2D eigenvalue weighted by Gasteiger charge is 2.37. The van der Waals surface area contributed by atoms with E-state index in [2.05, 4.69) is 20.9 Å². The van der Waals surface area contributed by atoms with E-state index in [1.165, 1.54) is 11.1 Å². The Labute approximate surface area is 107 Å². The molecule has 0 aromatic carbocycles. The van der Waals surface area contributed by atoms with E-state index in [9.17, 15) is 13.2 Å². The van der Waals surface area contributed by atoms with E-state index in [-0.39, 0.29) is 18.9 Å². The number of nitrogens with two attached hydrogens (primary N) is 1. The average molecular weight is 320 g/mol. The number of nitrogens with zero attached hydrogens (tertiary/aromatic N) is 2. The van der Waals surface area contributed by atoms with Crippen LogP contribution in [0.15, 0.2) is 22.9 Å². The molecule has 0 spiro atoms. The summed E-state index contributed by atoms with van der Waals surface area (Å²) in [6.07, 6.45) is 3.01. The Bertz CT molecular complexity index is 560. The monoisotopic (exact) mass is 319 g/mol. The van der Waals surface area contributed by atoms with Gasteiger partial charge >= 0.3 is 0 Å². The Morgan fingerprint density at radius 2 is 2.18 bits per heavy atom. The molecule has 1 unspecified atom stereocenters. The standard InChI is InChI=1S/C9H10BrN3O3S/c10-6-1-7(4-12-3-6)13-5-8(2-9(13)14)17(11,15)16/h1,3-4,8H,2,5H2,(H2,11,15,16). The minimum absolute atomic E-state index is 0.0780. The Kier molecular flexibility index (Phi) is 3.19. The molecule has 1 aromatic rings. The van der Waals surface area contributed by atoms with Crippen molar-refractivity contribution in [2.24, 2.45) is 5.14 Å². The zero-order valence-corrected chi connectivity index (χ0v) is 11.1. The minimum atomic E-state index is -3.68. The zero-order chi connectivity index (χ0) is 12.6. The van der Waals surface area contributed by atoms with Crippen LogP contribution in [0.1, 0.15) is 6.42 Å². The maximum Gasteiger partial charge on any atom is 0.228 e. The van der Waals surface area contributed by atoms with Gasteiger partial charge in [-0.15, -0.1) is 0 Å². The van der Waals surface area contributed by atoms with Crippen molar-refractivity contribution in [1.82, 2.24) is 4.98 Å². The lowest BCUT2D eigenvalue weighted by Crippen LogP contribution is -2.32. The number of hydrogen-bond donors (Lipinski definition) is 1. The molecule has 6 nitrogen and oxygen atoms in total. The Morgan fingerprint density at radius 3 is 2.71 bits per heavy atom. The highest BCUT2D eigenvalue weighted by molar-refractivity contribution is 9.10. The SMILES string of the molecule is NS(=O)(=O)C1CC(=O)N(c2cncc(Br)c2)C1. The fourth-order valence-electron chi connectivity index (χ4n) is 1.69. The van der Waals surface area contributed by atoms with Gasteiger partial charge in [0.25, 0.3) is 0 Å². The fourth-order valence-corrected chi connectivity index (χ4v) is 2.78. The topological polar surface area (TPSA) is 93.4 Å². The van der Waals surface area contributed by atoms with E-state index in [1.54, 1.807) is 12.3 Å². The average Bonchev–Trinajstić information content (AvgIpc) is 2.60. The number of carbonyl (C=O) groups is 1. The number of pyridine rings is 1. The summed E-state index contributed by atoms with van der Waals surface area (Å²) < 4.78 is 23.1. The summed E-state index contributed by atoms with van der Waals surface area (Å²) in [6, 6.07) is 1.70. The van der Waals surface area contributed by atoms with Gasteiger partial charge in [-0.05, 0) is 22.0 Å². The van der Waals surface area contributed by atoms with Crippen LogP contribution in [-0.4, -0.2) is 31.1 Å². The van der Waals surface area contributed by atoms with Gasteiger partial charge in [0.15, 0.2) is 0 Å². The van der Waals surface area contributed by atoms with Crippen molar-refractivity contribution in [2.45, 2.75) is 11.7 Å². The van der Waals surface area contributed by atoms with Crippen LogP contribution in [0.3, 0.4) is 0 Å². The number of amides is 1. The number of anilines is 1. The van der Waals surface area contributed by atoms with Crippen molar-refractivity contribution in [3.8, 4) is 0 Å². The molecule has 2 rings (SSSR count). The number of aromatic nitrogens is 1. The predicted molar refractivity (Wildman–Crippen MR) is 65.8 cm³/mol. The van der Waals surface area contributed by atoms with Gasteiger partial charge in [-0.2, -0.15) is 0 Å². The van der Waals surface area contributed by atoms with E-state index >= 15 is 0 Å². The first kappa shape index (κ1) is 12.5. The maximum absolute atomic E-state index is 11.7. The molecule has 0 saturated carbocycles. The molecule has 17 heavy (non-hydrogen) atoms. The lowest BCUT2D eigenvalue weighted by Gasteiger charge is -2.15. The van der Waals surface area contributed by atoms with Crippen LogP contribution in [0.4, 0.5) is 5.69 Å². The highest BCUT2D eigenvalue weighted by atomic mass is 79.9. The smallest absolute Gasteiger partial charge is 0.228 e. The van der Waals surface area contributed by atoms with Crippen LogP contribution >= 0.6 is 15.9 Å². The number of halogens is 1. The summed E-state index contributed by atoms with van der Waals surface area (Å²) in [5.41, 5.74) is 0.565. The van der Waals surface area contributed by atoms with Gasteiger partial charge in [-0.3, -0.25) is 9.78 Å². The van der Waals surface area contributed by atoms with Crippen molar-refractivity contribution >= 4 is 37.5 Å². The second-order valence-electron chi connectivity index (χ2n) is 3.78. The van der Waals surface area contributed by atoms with Gasteiger partial charge in [0, 0.05) is 23.6 Å². The van der Waals surface area contributed by atoms with Gasteiger partial charge in [0.1, 0.15) is 5.25 Å². The normalized spacial score (nSPS) is 20.9. The predicted octanol–water partition coefficient (Wildman–Crippen LogP) is 0.238. The van der Waals surface area contributed by atoms with Crippen molar-refractivity contribution in [1.29, 1.82) is 0 Å². The number of rotatable bonds is 2. The molecule has 92 valence electrons. The van der Waals surface area contributed by atoms with E-state index in [0.29, 0.717) is 5.69 Å². The number of carbonyl (C=O) groups excluding carboxylic acids is 1. The van der Waals surface area contributed by atoms with Crippen LogP contribution in [0.5, 0.6) is 0 Å². The fraction of sp³-hybridized carbons (Fsp3) is 0.333. The first-order valence-electron chi connectivity index (χ1n) is 4.80. The van der Waals surface area contributed by atoms with Crippen molar-refractivity contribution in [3.05, 3.63) is 22.9 Å². The first-order chi connectivity index (χ1) is 7.88. The molecule has 0 aliphatic carbocycles. The molecule has 2 heterocycles. The Balaban J connectivity index is 2.28. The first-order valence-corrected chi connectivity index (χ1v) is 7.20. The van der Waals surface area contributed by atoms with E-state index in [0.717, 1.165) is 4.47 Å². The van der Waals surface area contributed by atoms with Crippen LogP contribution in [0, 0.1) is 0 Å². The number of sulfonamides is 1. The summed E-state index contributed by atoms with van der Waals surface area (Å²) >= 11 is 3.24. The largest absolute Gasteiger partial charge is 0.309 e. The van der Waals surface area contributed by atoms with Crippen molar-refractivity contribution in [3.63, 3.8) is 0 Å². The lowest BCUT2D eigenvalue weighted by atomic mass is 10.4. The third kappa shape index (κ3) is 2.64. The maximum atomic E-state index is 11.7. The second kappa shape index (κ2) is 4.35. The molecule has 1 aliphatic heterocycles. The zero-order valence-electron chi connectivity index (χ0n) is 8.71. The summed E-state index contributed by atoms with van der Waals surface area (Å²) in [6.45, 7) is 0.0792. The second-order valence-corrected chi connectivity index (χ2v) is 6.54. The van der Waals surface area contributed by atoms with Gasteiger partial charge in [0.2, 0.25) is 15.9 Å². The minimum Gasteiger partial charge on any atom is -0.309 e. The number of hydrogen-bond acceptors (Lipinski definition) is 4. The van der Waals surface area contributed by atoms with Gasteiger partial charge in [-0.1, -0.05) is 0 Å². The van der Waals surface area contributed by atoms with E-state index < -0.39 is 15.3 Å². The third-order valence-electron chi connectivity index (χ3n) is 2.56. The van der Waals surface area contributed by atoms with E-state index in [4.69, 9.17) is 5.14 Å². The summed E-state index contributed by atoms with van der Waals surface area (Å²) in [4.78, 5) is 17.0. The van der Waals surface area contributed by atoms with Crippen LogP contribution in [0.25, 0.3) is 0 Å². The summed E-state index contributed by atoms with van der Waals surface area (Å²) in [5, 5.41) is 4.20.